The van der Waals surface area contributed by atoms with Gasteiger partial charge in [0.15, 0.2) is 0 Å². The predicted octanol–water partition coefficient (Wildman–Crippen LogP) is 3.30. The lowest BCUT2D eigenvalue weighted by atomic mass is 9.47. The monoisotopic (exact) mass is 372 g/mol. The second-order valence-electron chi connectivity index (χ2n) is 8.99. The summed E-state index contributed by atoms with van der Waals surface area (Å²) in [4.78, 5) is 25.7. The number of rotatable bonds is 2. The summed E-state index contributed by atoms with van der Waals surface area (Å²) in [5, 5.41) is 3.38. The van der Waals surface area contributed by atoms with Gasteiger partial charge in [0.2, 0.25) is 0 Å². The zero-order valence-electron chi connectivity index (χ0n) is 16.1. The molecule has 28 heavy (non-hydrogen) atoms. The van der Waals surface area contributed by atoms with E-state index >= 15 is 0 Å². The van der Waals surface area contributed by atoms with E-state index in [1.807, 2.05) is 19.1 Å². The van der Waals surface area contributed by atoms with Gasteiger partial charge < -0.3 is 5.32 Å². The van der Waals surface area contributed by atoms with E-state index in [-0.39, 0.29) is 16.9 Å². The fraction of sp³-hybridized carbons (Fsp3) is 0.478. The van der Waals surface area contributed by atoms with Crippen molar-refractivity contribution >= 4 is 5.91 Å². The molecule has 0 saturated heterocycles. The van der Waals surface area contributed by atoms with Crippen LogP contribution >= 0.6 is 0 Å². The van der Waals surface area contributed by atoms with Crippen molar-refractivity contribution in [3.8, 4) is 11.8 Å². The smallest absolute Gasteiger partial charge is 0.270 e. The van der Waals surface area contributed by atoms with Gasteiger partial charge >= 0.3 is 0 Å². The number of aromatic nitrogens is 3. The van der Waals surface area contributed by atoms with Crippen LogP contribution in [0.25, 0.3) is 0 Å². The zero-order valence-corrected chi connectivity index (χ0v) is 16.1. The first-order chi connectivity index (χ1) is 13.5. The molecule has 4 aliphatic carbocycles. The van der Waals surface area contributed by atoms with E-state index in [4.69, 9.17) is 0 Å². The van der Waals surface area contributed by atoms with Crippen LogP contribution < -0.4 is 5.32 Å². The number of hydrogen-bond acceptors (Lipinski definition) is 4. The van der Waals surface area contributed by atoms with E-state index < -0.39 is 0 Å². The Morgan fingerprint density at radius 1 is 1.18 bits per heavy atom. The molecule has 2 atom stereocenters. The molecule has 0 aromatic carbocycles. The fourth-order valence-corrected chi connectivity index (χ4v) is 6.08. The second-order valence-corrected chi connectivity index (χ2v) is 8.99. The maximum absolute atomic E-state index is 12.8. The predicted molar refractivity (Wildman–Crippen MR) is 105 cm³/mol. The Morgan fingerprint density at radius 2 is 2.00 bits per heavy atom. The van der Waals surface area contributed by atoms with Gasteiger partial charge in [-0.1, -0.05) is 12.0 Å². The fourth-order valence-electron chi connectivity index (χ4n) is 6.08. The molecule has 1 amide bonds. The number of pyridine rings is 1. The standard InChI is InChI=1S/C23H24N4O/c1-16-13-24-14-19(26-16)5-6-22-9-17-8-18(10-22)12-23(11-17,15-22)27-21(28)20-4-2-3-7-25-20/h2-4,7,13-14,17-18H,8-12,15H2,1H3,(H,27,28). The third-order valence-corrected chi connectivity index (χ3v) is 6.55. The van der Waals surface area contributed by atoms with Crippen molar-refractivity contribution in [2.45, 2.75) is 51.0 Å². The van der Waals surface area contributed by atoms with Crippen molar-refractivity contribution in [2.75, 3.05) is 0 Å². The van der Waals surface area contributed by atoms with Crippen molar-refractivity contribution in [3.63, 3.8) is 0 Å². The quantitative estimate of drug-likeness (QED) is 0.822. The normalized spacial score (nSPS) is 32.5. The lowest BCUT2D eigenvalue weighted by molar-refractivity contribution is -0.0484. The van der Waals surface area contributed by atoms with Gasteiger partial charge in [-0.2, -0.15) is 0 Å². The molecule has 5 heteroatoms. The molecule has 0 radical (unpaired) electrons. The van der Waals surface area contributed by atoms with Crippen molar-refractivity contribution in [2.24, 2.45) is 17.3 Å². The highest BCUT2D eigenvalue weighted by atomic mass is 16.2. The number of nitrogens with zero attached hydrogens (tertiary/aromatic N) is 3. The van der Waals surface area contributed by atoms with E-state index in [2.05, 4.69) is 32.1 Å². The first-order valence-electron chi connectivity index (χ1n) is 10.1. The average molecular weight is 372 g/mol. The molecule has 4 fully saturated rings. The first kappa shape index (κ1) is 17.4. The average Bonchev–Trinajstić information content (AvgIpc) is 2.66. The molecule has 0 aliphatic heterocycles. The Morgan fingerprint density at radius 3 is 2.71 bits per heavy atom. The van der Waals surface area contributed by atoms with Gasteiger partial charge in [-0.3, -0.25) is 14.8 Å². The first-order valence-corrected chi connectivity index (χ1v) is 10.1. The van der Waals surface area contributed by atoms with E-state index in [0.717, 1.165) is 43.5 Å². The van der Waals surface area contributed by atoms with Crippen LogP contribution in [0.5, 0.6) is 0 Å². The summed E-state index contributed by atoms with van der Waals surface area (Å²) in [6.45, 7) is 1.94. The summed E-state index contributed by atoms with van der Waals surface area (Å²) in [5.41, 5.74) is 1.95. The number of nitrogens with one attached hydrogen (secondary N) is 1. The SMILES string of the molecule is Cc1cncc(C#CC23CC4CC(C2)CC(NC(=O)c2ccccn2)(C4)C3)n1. The highest BCUT2D eigenvalue weighted by Crippen LogP contribution is 2.61. The van der Waals surface area contributed by atoms with Crippen molar-refractivity contribution < 1.29 is 4.79 Å². The molecule has 2 unspecified atom stereocenters. The molecule has 4 bridgehead atoms. The molecule has 6 rings (SSSR count). The highest BCUT2D eigenvalue weighted by Gasteiger charge is 2.57. The molecule has 2 heterocycles. The second kappa shape index (κ2) is 6.41. The van der Waals surface area contributed by atoms with Crippen LogP contribution in [0.2, 0.25) is 0 Å². The minimum Gasteiger partial charge on any atom is -0.345 e. The number of amides is 1. The Balaban J connectivity index is 1.42. The highest BCUT2D eigenvalue weighted by molar-refractivity contribution is 5.92. The summed E-state index contributed by atoms with van der Waals surface area (Å²) in [6.07, 6.45) is 11.8. The zero-order chi connectivity index (χ0) is 19.2. The molecule has 142 valence electrons. The minimum atomic E-state index is -0.147. The van der Waals surface area contributed by atoms with Crippen molar-refractivity contribution in [1.82, 2.24) is 20.3 Å². The molecule has 1 N–H and O–H groups in total. The topological polar surface area (TPSA) is 67.8 Å². The molecule has 2 aromatic heterocycles. The summed E-state index contributed by atoms with van der Waals surface area (Å²) >= 11 is 0. The Bertz CT molecular complexity index is 961. The number of carbonyl (C=O) groups excluding carboxylic acids is 1. The lowest BCUT2D eigenvalue weighted by Crippen LogP contribution is -2.63. The Hall–Kier alpha value is -2.74. The van der Waals surface area contributed by atoms with E-state index in [9.17, 15) is 4.79 Å². The maximum Gasteiger partial charge on any atom is 0.270 e. The Labute approximate surface area is 165 Å². The molecule has 2 aromatic rings. The van der Waals surface area contributed by atoms with Crippen LogP contribution in [-0.2, 0) is 0 Å². The van der Waals surface area contributed by atoms with Crippen LogP contribution in [-0.4, -0.2) is 26.4 Å². The number of aryl methyl sites for hydroxylation is 1. The lowest BCUT2D eigenvalue weighted by Gasteiger charge is -2.60. The van der Waals surface area contributed by atoms with Crippen LogP contribution in [0.4, 0.5) is 0 Å². The number of carbonyl (C=O) groups is 1. The molecular weight excluding hydrogens is 348 g/mol. The molecule has 4 saturated carbocycles. The summed E-state index contributed by atoms with van der Waals surface area (Å²) < 4.78 is 0. The molecule has 5 nitrogen and oxygen atoms in total. The van der Waals surface area contributed by atoms with Crippen molar-refractivity contribution in [1.29, 1.82) is 0 Å². The summed E-state index contributed by atoms with van der Waals surface area (Å²) in [6, 6.07) is 5.47. The van der Waals surface area contributed by atoms with Gasteiger partial charge in [-0.15, -0.1) is 0 Å². The Kier molecular flexibility index (Phi) is 3.97. The number of hydrogen-bond donors (Lipinski definition) is 1. The van der Waals surface area contributed by atoms with E-state index in [0.29, 0.717) is 17.5 Å². The van der Waals surface area contributed by atoms with Crippen molar-refractivity contribution in [3.05, 3.63) is 53.9 Å². The van der Waals surface area contributed by atoms with Gasteiger partial charge in [0.1, 0.15) is 11.4 Å². The van der Waals surface area contributed by atoms with Gasteiger partial charge in [0.25, 0.3) is 5.91 Å². The molecule has 0 spiro atoms. The third kappa shape index (κ3) is 3.17. The third-order valence-electron chi connectivity index (χ3n) is 6.55. The maximum atomic E-state index is 12.8. The summed E-state index contributed by atoms with van der Waals surface area (Å²) in [7, 11) is 0. The molecule has 4 aliphatic rings. The van der Waals surface area contributed by atoms with Gasteiger partial charge in [-0.25, -0.2) is 4.98 Å². The van der Waals surface area contributed by atoms with Crippen LogP contribution in [0.1, 0.15) is 60.4 Å². The van der Waals surface area contributed by atoms with Crippen LogP contribution in [0, 0.1) is 36.0 Å². The van der Waals surface area contributed by atoms with E-state index in [1.54, 1.807) is 24.7 Å². The van der Waals surface area contributed by atoms with Gasteiger partial charge in [0.05, 0.1) is 11.9 Å². The minimum absolute atomic E-state index is 0.0209. The van der Waals surface area contributed by atoms with Gasteiger partial charge in [-0.05, 0) is 75.3 Å². The van der Waals surface area contributed by atoms with Gasteiger partial charge in [0, 0.05) is 23.3 Å². The largest absolute Gasteiger partial charge is 0.345 e. The molecular formula is C23H24N4O. The van der Waals surface area contributed by atoms with Crippen LogP contribution in [0.15, 0.2) is 36.8 Å². The summed E-state index contributed by atoms with van der Waals surface area (Å²) in [5.74, 6) is 8.11. The van der Waals surface area contributed by atoms with E-state index in [1.165, 1.54) is 6.42 Å². The van der Waals surface area contributed by atoms with Crippen LogP contribution in [0.3, 0.4) is 0 Å².